The quantitative estimate of drug-likeness (QED) is 0.792. The first-order valence-corrected chi connectivity index (χ1v) is 7.49. The van der Waals surface area contributed by atoms with Crippen LogP contribution in [-0.2, 0) is 0 Å². The number of amides is 1. The Hall–Kier alpha value is -1.51. The van der Waals surface area contributed by atoms with E-state index in [0.29, 0.717) is 12.5 Å². The van der Waals surface area contributed by atoms with Crippen LogP contribution in [0.2, 0.25) is 0 Å². The van der Waals surface area contributed by atoms with Crippen molar-refractivity contribution in [2.45, 2.75) is 41.0 Å². The summed E-state index contributed by atoms with van der Waals surface area (Å²) in [5.74, 6) is 0.522. The van der Waals surface area contributed by atoms with Crippen molar-refractivity contribution in [2.75, 3.05) is 18.4 Å². The number of rotatable bonds is 7. The van der Waals surface area contributed by atoms with Gasteiger partial charge >= 0.3 is 0 Å². The van der Waals surface area contributed by atoms with Gasteiger partial charge in [-0.05, 0) is 29.9 Å². The van der Waals surface area contributed by atoms with Gasteiger partial charge in [-0.15, -0.1) is 0 Å². The van der Waals surface area contributed by atoms with E-state index in [-0.39, 0.29) is 11.3 Å². The summed E-state index contributed by atoms with van der Waals surface area (Å²) >= 11 is 0. The predicted molar refractivity (Wildman–Crippen MR) is 86.2 cm³/mol. The van der Waals surface area contributed by atoms with E-state index in [1.54, 1.807) is 0 Å². The summed E-state index contributed by atoms with van der Waals surface area (Å²) in [6.45, 7) is 12.4. The van der Waals surface area contributed by atoms with Gasteiger partial charge in [-0.3, -0.25) is 4.79 Å². The molecule has 0 radical (unpaired) electrons. The largest absolute Gasteiger partial charge is 0.384 e. The minimum Gasteiger partial charge on any atom is -0.384 e. The van der Waals surface area contributed by atoms with Crippen molar-refractivity contribution < 1.29 is 4.79 Å². The van der Waals surface area contributed by atoms with E-state index in [0.717, 1.165) is 24.2 Å². The number of carbonyl (C=O) groups is 1. The average Bonchev–Trinajstić information content (AvgIpc) is 2.42. The van der Waals surface area contributed by atoms with Crippen LogP contribution in [0.25, 0.3) is 0 Å². The van der Waals surface area contributed by atoms with Crippen molar-refractivity contribution in [1.82, 2.24) is 5.32 Å². The molecule has 0 aliphatic carbocycles. The zero-order chi connectivity index (χ0) is 15.2. The summed E-state index contributed by atoms with van der Waals surface area (Å²) in [5.41, 5.74) is 1.73. The Bertz CT molecular complexity index is 438. The molecule has 0 aromatic heterocycles. The SMILES string of the molecule is CCCNc1ccccc1C(=O)NCC(C)(C)C(C)C. The smallest absolute Gasteiger partial charge is 0.253 e. The van der Waals surface area contributed by atoms with E-state index in [1.807, 2.05) is 24.3 Å². The van der Waals surface area contributed by atoms with Crippen molar-refractivity contribution in [3.8, 4) is 0 Å². The second kappa shape index (κ2) is 7.32. The molecule has 0 fully saturated rings. The monoisotopic (exact) mass is 276 g/mol. The zero-order valence-electron chi connectivity index (χ0n) is 13.4. The lowest BCUT2D eigenvalue weighted by Gasteiger charge is -2.29. The van der Waals surface area contributed by atoms with Gasteiger partial charge < -0.3 is 10.6 Å². The van der Waals surface area contributed by atoms with Gasteiger partial charge in [0.1, 0.15) is 0 Å². The first-order valence-electron chi connectivity index (χ1n) is 7.49. The molecule has 0 saturated carbocycles. The molecule has 20 heavy (non-hydrogen) atoms. The summed E-state index contributed by atoms with van der Waals surface area (Å²) < 4.78 is 0. The summed E-state index contributed by atoms with van der Waals surface area (Å²) in [5, 5.41) is 6.36. The fourth-order valence-electron chi connectivity index (χ4n) is 1.70. The Balaban J connectivity index is 2.72. The highest BCUT2D eigenvalue weighted by Gasteiger charge is 2.23. The molecule has 0 heterocycles. The predicted octanol–water partition coefficient (Wildman–Crippen LogP) is 3.92. The molecule has 0 bridgehead atoms. The molecular weight excluding hydrogens is 248 g/mol. The van der Waals surface area contributed by atoms with Crippen LogP contribution in [0.4, 0.5) is 5.69 Å². The van der Waals surface area contributed by atoms with Gasteiger partial charge in [0.15, 0.2) is 0 Å². The molecule has 1 aromatic rings. The number of nitrogens with one attached hydrogen (secondary N) is 2. The van der Waals surface area contributed by atoms with Crippen molar-refractivity contribution >= 4 is 11.6 Å². The van der Waals surface area contributed by atoms with Crippen LogP contribution < -0.4 is 10.6 Å². The number of benzene rings is 1. The highest BCUT2D eigenvalue weighted by molar-refractivity contribution is 5.99. The van der Waals surface area contributed by atoms with Crippen LogP contribution in [0.5, 0.6) is 0 Å². The van der Waals surface area contributed by atoms with E-state index in [4.69, 9.17) is 0 Å². The molecular formula is C17H28N2O. The molecule has 3 heteroatoms. The third-order valence-electron chi connectivity index (χ3n) is 4.00. The van der Waals surface area contributed by atoms with Gasteiger partial charge in [-0.2, -0.15) is 0 Å². The summed E-state index contributed by atoms with van der Waals surface area (Å²) in [6.07, 6.45) is 1.04. The van der Waals surface area contributed by atoms with Crippen LogP contribution in [0.3, 0.4) is 0 Å². The second-order valence-electron chi connectivity index (χ2n) is 6.30. The topological polar surface area (TPSA) is 41.1 Å². The highest BCUT2D eigenvalue weighted by Crippen LogP contribution is 2.25. The van der Waals surface area contributed by atoms with E-state index in [9.17, 15) is 4.79 Å². The third-order valence-corrected chi connectivity index (χ3v) is 4.00. The van der Waals surface area contributed by atoms with E-state index >= 15 is 0 Å². The molecule has 0 atom stereocenters. The summed E-state index contributed by atoms with van der Waals surface area (Å²) in [6, 6.07) is 7.68. The number of para-hydroxylation sites is 1. The van der Waals surface area contributed by atoms with Crippen molar-refractivity contribution in [3.63, 3.8) is 0 Å². The number of carbonyl (C=O) groups excluding carboxylic acids is 1. The fourth-order valence-corrected chi connectivity index (χ4v) is 1.70. The van der Waals surface area contributed by atoms with Crippen LogP contribution in [0.15, 0.2) is 24.3 Å². The number of hydrogen-bond acceptors (Lipinski definition) is 2. The van der Waals surface area contributed by atoms with E-state index in [1.165, 1.54) is 0 Å². The fraction of sp³-hybridized carbons (Fsp3) is 0.588. The maximum atomic E-state index is 12.3. The lowest BCUT2D eigenvalue weighted by molar-refractivity contribution is 0.0925. The Kier molecular flexibility index (Phi) is 6.05. The maximum absolute atomic E-state index is 12.3. The lowest BCUT2D eigenvalue weighted by atomic mass is 9.81. The Morgan fingerprint density at radius 1 is 1.25 bits per heavy atom. The van der Waals surface area contributed by atoms with Gasteiger partial charge in [-0.25, -0.2) is 0 Å². The molecule has 3 nitrogen and oxygen atoms in total. The first-order chi connectivity index (χ1) is 9.38. The van der Waals surface area contributed by atoms with Crippen molar-refractivity contribution in [3.05, 3.63) is 29.8 Å². The standard InChI is InChI=1S/C17H28N2O/c1-6-11-18-15-10-8-7-9-14(15)16(20)19-12-17(4,5)13(2)3/h7-10,13,18H,6,11-12H2,1-5H3,(H,19,20). The second-order valence-corrected chi connectivity index (χ2v) is 6.30. The number of anilines is 1. The van der Waals surface area contributed by atoms with Gasteiger partial charge in [0.2, 0.25) is 0 Å². The van der Waals surface area contributed by atoms with Crippen LogP contribution in [-0.4, -0.2) is 19.0 Å². The third kappa shape index (κ3) is 4.55. The van der Waals surface area contributed by atoms with Crippen molar-refractivity contribution in [2.24, 2.45) is 11.3 Å². The lowest BCUT2D eigenvalue weighted by Crippen LogP contribution is -2.37. The Labute approximate surface area is 123 Å². The van der Waals surface area contributed by atoms with E-state index < -0.39 is 0 Å². The minimum absolute atomic E-state index is 0.00192. The zero-order valence-corrected chi connectivity index (χ0v) is 13.4. The average molecular weight is 276 g/mol. The van der Waals surface area contributed by atoms with Crippen molar-refractivity contribution in [1.29, 1.82) is 0 Å². The summed E-state index contributed by atoms with van der Waals surface area (Å²) in [4.78, 5) is 12.3. The molecule has 0 aliphatic heterocycles. The van der Waals surface area contributed by atoms with Crippen LogP contribution in [0.1, 0.15) is 51.4 Å². The van der Waals surface area contributed by atoms with Gasteiger partial charge in [0.25, 0.3) is 5.91 Å². The molecule has 1 aromatic carbocycles. The Morgan fingerprint density at radius 2 is 1.90 bits per heavy atom. The highest BCUT2D eigenvalue weighted by atomic mass is 16.1. The molecule has 2 N–H and O–H groups in total. The van der Waals surface area contributed by atoms with Gasteiger partial charge in [0, 0.05) is 18.8 Å². The first kappa shape index (κ1) is 16.5. The van der Waals surface area contributed by atoms with Gasteiger partial charge in [-0.1, -0.05) is 46.8 Å². The maximum Gasteiger partial charge on any atom is 0.253 e. The molecule has 0 unspecified atom stereocenters. The molecule has 1 rings (SSSR count). The molecule has 1 amide bonds. The number of hydrogen-bond donors (Lipinski definition) is 2. The minimum atomic E-state index is -0.00192. The van der Waals surface area contributed by atoms with Crippen LogP contribution >= 0.6 is 0 Å². The molecule has 0 aliphatic rings. The van der Waals surface area contributed by atoms with E-state index in [2.05, 4.69) is 45.3 Å². The molecule has 112 valence electrons. The molecule has 0 saturated heterocycles. The molecule has 0 spiro atoms. The Morgan fingerprint density at radius 3 is 2.50 bits per heavy atom. The normalized spacial score (nSPS) is 11.5. The summed E-state index contributed by atoms with van der Waals surface area (Å²) in [7, 11) is 0. The van der Waals surface area contributed by atoms with Crippen LogP contribution in [0, 0.1) is 11.3 Å². The van der Waals surface area contributed by atoms with Gasteiger partial charge in [0.05, 0.1) is 5.56 Å².